The van der Waals surface area contributed by atoms with Crippen molar-refractivity contribution in [2.45, 2.75) is 69.7 Å². The van der Waals surface area contributed by atoms with Gasteiger partial charge in [-0.05, 0) is 54.7 Å². The topological polar surface area (TPSA) is 78.0 Å². The molecule has 1 unspecified atom stereocenters. The number of halogens is 1. The van der Waals surface area contributed by atoms with Crippen molar-refractivity contribution in [1.29, 1.82) is 0 Å². The van der Waals surface area contributed by atoms with Crippen LogP contribution < -0.4 is 4.74 Å². The maximum atomic E-state index is 15.0. The summed E-state index contributed by atoms with van der Waals surface area (Å²) >= 11 is 0. The standard InChI is InChI=1S/C31H42FN3O4Si/c1-30(2,3)40(5,6)39-19-26-28-27(23-12-11-22(38-4)17-25(23)33-28)31(13-15-34(16-14-31)29(36)37)20-35(26)18-21-9-7-8-10-24(21)32/h7-12,17,26,33H,13-16,18-20H2,1-6H3,(H,36,37). The van der Waals surface area contributed by atoms with Gasteiger partial charge in [-0.3, -0.25) is 4.90 Å². The third kappa shape index (κ3) is 5.15. The van der Waals surface area contributed by atoms with Crippen LogP contribution in [0.2, 0.25) is 18.1 Å². The SMILES string of the molecule is COc1ccc2c3c([nH]c2c1)C(CO[Si](C)(C)C(C)(C)C)N(Cc1ccccc1F)CC31CCN(C(=O)O)CC1. The highest BCUT2D eigenvalue weighted by atomic mass is 28.4. The maximum Gasteiger partial charge on any atom is 0.407 e. The number of carboxylic acid groups (broad SMARTS) is 1. The fourth-order valence-corrected chi connectivity index (χ4v) is 7.15. The molecule has 9 heteroatoms. The smallest absolute Gasteiger partial charge is 0.407 e. The van der Waals surface area contributed by atoms with E-state index in [-0.39, 0.29) is 22.3 Å². The Bertz CT molecular complexity index is 1390. The van der Waals surface area contributed by atoms with Crippen molar-refractivity contribution in [2.24, 2.45) is 0 Å². The average molecular weight is 568 g/mol. The molecule has 1 fully saturated rings. The van der Waals surface area contributed by atoms with Crippen LogP contribution in [-0.4, -0.2) is 67.7 Å². The molecule has 1 spiro atoms. The molecule has 7 nitrogen and oxygen atoms in total. The minimum absolute atomic E-state index is 0.0551. The predicted molar refractivity (Wildman–Crippen MR) is 158 cm³/mol. The summed E-state index contributed by atoms with van der Waals surface area (Å²) in [5.41, 5.74) is 3.72. The minimum atomic E-state index is -2.07. The van der Waals surface area contributed by atoms with Crippen molar-refractivity contribution in [3.8, 4) is 5.75 Å². The highest BCUT2D eigenvalue weighted by molar-refractivity contribution is 6.74. The number of aromatic amines is 1. The summed E-state index contributed by atoms with van der Waals surface area (Å²) in [7, 11) is -0.407. The van der Waals surface area contributed by atoms with Crippen LogP contribution in [0, 0.1) is 5.82 Å². The number of piperidine rings is 1. The summed E-state index contributed by atoms with van der Waals surface area (Å²) in [6, 6.07) is 13.0. The Morgan fingerprint density at radius 1 is 1.18 bits per heavy atom. The molecule has 0 aliphatic carbocycles. The lowest BCUT2D eigenvalue weighted by atomic mass is 9.68. The van der Waals surface area contributed by atoms with Crippen LogP contribution >= 0.6 is 0 Å². The van der Waals surface area contributed by atoms with Gasteiger partial charge < -0.3 is 24.2 Å². The van der Waals surface area contributed by atoms with Gasteiger partial charge in [0.15, 0.2) is 8.32 Å². The molecule has 40 heavy (non-hydrogen) atoms. The first-order valence-electron chi connectivity index (χ1n) is 14.1. The number of carbonyl (C=O) groups is 1. The maximum absolute atomic E-state index is 15.0. The number of fused-ring (bicyclic) bond motifs is 4. The number of hydrogen-bond acceptors (Lipinski definition) is 4. The average Bonchev–Trinajstić information content (AvgIpc) is 3.29. The molecule has 1 amide bonds. The zero-order valence-corrected chi connectivity index (χ0v) is 25.5. The van der Waals surface area contributed by atoms with E-state index in [2.05, 4.69) is 49.8 Å². The lowest BCUT2D eigenvalue weighted by Gasteiger charge is -2.51. The molecule has 2 aliphatic rings. The summed E-state index contributed by atoms with van der Waals surface area (Å²) < 4.78 is 27.3. The lowest BCUT2D eigenvalue weighted by Crippen LogP contribution is -2.55. The van der Waals surface area contributed by atoms with Gasteiger partial charge >= 0.3 is 6.09 Å². The number of benzene rings is 2. The second kappa shape index (κ2) is 10.5. The van der Waals surface area contributed by atoms with E-state index in [1.165, 1.54) is 16.5 Å². The summed E-state index contributed by atoms with van der Waals surface area (Å²) in [6.07, 6.45) is 0.530. The van der Waals surface area contributed by atoms with E-state index in [4.69, 9.17) is 9.16 Å². The molecule has 3 heterocycles. The number of methoxy groups -OCH3 is 1. The highest BCUT2D eigenvalue weighted by Gasteiger charge is 2.49. The summed E-state index contributed by atoms with van der Waals surface area (Å²) in [5, 5.41) is 10.9. The van der Waals surface area contributed by atoms with Crippen LogP contribution in [0.5, 0.6) is 5.75 Å². The molecule has 3 aromatic rings. The molecule has 5 rings (SSSR count). The largest absolute Gasteiger partial charge is 0.497 e. The van der Waals surface area contributed by atoms with Gasteiger partial charge in [-0.15, -0.1) is 0 Å². The zero-order valence-electron chi connectivity index (χ0n) is 24.5. The van der Waals surface area contributed by atoms with Crippen molar-refractivity contribution in [2.75, 3.05) is 33.4 Å². The van der Waals surface area contributed by atoms with Crippen molar-refractivity contribution in [1.82, 2.24) is 14.8 Å². The lowest BCUT2D eigenvalue weighted by molar-refractivity contribution is 0.0454. The quantitative estimate of drug-likeness (QED) is 0.317. The highest BCUT2D eigenvalue weighted by Crippen LogP contribution is 2.50. The Morgan fingerprint density at radius 2 is 1.88 bits per heavy atom. The van der Waals surface area contributed by atoms with Crippen molar-refractivity contribution in [3.05, 3.63) is 65.1 Å². The molecular formula is C31H42FN3O4Si. The number of nitrogens with zero attached hydrogens (tertiary/aromatic N) is 2. The van der Waals surface area contributed by atoms with E-state index < -0.39 is 14.4 Å². The number of hydrogen-bond donors (Lipinski definition) is 2. The van der Waals surface area contributed by atoms with E-state index in [0.717, 1.165) is 22.3 Å². The number of nitrogens with one attached hydrogen (secondary N) is 1. The third-order valence-electron chi connectivity index (χ3n) is 9.58. The van der Waals surface area contributed by atoms with Gasteiger partial charge in [0.25, 0.3) is 0 Å². The van der Waals surface area contributed by atoms with Gasteiger partial charge in [0, 0.05) is 59.8 Å². The molecule has 0 bridgehead atoms. The molecule has 1 aromatic heterocycles. The molecule has 216 valence electrons. The second-order valence-electron chi connectivity index (χ2n) is 13.0. The Kier molecular flexibility index (Phi) is 7.52. The third-order valence-corrected chi connectivity index (χ3v) is 14.1. The molecule has 1 atom stereocenters. The second-order valence-corrected chi connectivity index (χ2v) is 17.8. The Balaban J connectivity index is 1.64. The fraction of sp³-hybridized carbons (Fsp3) is 0.516. The Morgan fingerprint density at radius 3 is 2.50 bits per heavy atom. The predicted octanol–water partition coefficient (Wildman–Crippen LogP) is 6.91. The van der Waals surface area contributed by atoms with Crippen LogP contribution in [0.25, 0.3) is 10.9 Å². The number of amides is 1. The first-order valence-corrected chi connectivity index (χ1v) is 17.1. The van der Waals surface area contributed by atoms with E-state index in [1.54, 1.807) is 13.2 Å². The Labute approximate surface area is 237 Å². The van der Waals surface area contributed by atoms with Gasteiger partial charge in [-0.25, -0.2) is 9.18 Å². The molecule has 2 aromatic carbocycles. The number of ether oxygens (including phenoxy) is 1. The van der Waals surface area contributed by atoms with Gasteiger partial charge in [0.2, 0.25) is 0 Å². The number of H-pyrrole nitrogens is 1. The Hall–Kier alpha value is -2.88. The molecule has 2 N–H and O–H groups in total. The summed E-state index contributed by atoms with van der Waals surface area (Å²) in [5.74, 6) is 0.562. The van der Waals surface area contributed by atoms with Crippen LogP contribution in [0.3, 0.4) is 0 Å². The first-order chi connectivity index (χ1) is 18.8. The van der Waals surface area contributed by atoms with Crippen molar-refractivity contribution in [3.63, 3.8) is 0 Å². The van der Waals surface area contributed by atoms with E-state index in [1.807, 2.05) is 24.3 Å². The minimum Gasteiger partial charge on any atom is -0.497 e. The molecule has 1 saturated heterocycles. The molecule has 0 radical (unpaired) electrons. The summed E-state index contributed by atoms with van der Waals surface area (Å²) in [6.45, 7) is 13.8. The van der Waals surface area contributed by atoms with Crippen LogP contribution in [0.1, 0.15) is 56.5 Å². The monoisotopic (exact) mass is 567 g/mol. The van der Waals surface area contributed by atoms with E-state index in [9.17, 15) is 14.3 Å². The molecule has 2 aliphatic heterocycles. The number of likely N-dealkylation sites (tertiary alicyclic amines) is 1. The van der Waals surface area contributed by atoms with Crippen LogP contribution in [-0.2, 0) is 16.4 Å². The van der Waals surface area contributed by atoms with Gasteiger partial charge in [-0.2, -0.15) is 0 Å². The van der Waals surface area contributed by atoms with Crippen molar-refractivity contribution < 1.29 is 23.5 Å². The fourth-order valence-electron chi connectivity index (χ4n) is 6.14. The molecular weight excluding hydrogens is 525 g/mol. The van der Waals surface area contributed by atoms with E-state index >= 15 is 0 Å². The zero-order chi connectivity index (χ0) is 28.9. The first kappa shape index (κ1) is 28.6. The molecule has 0 saturated carbocycles. The summed E-state index contributed by atoms with van der Waals surface area (Å²) in [4.78, 5) is 19.4. The number of aromatic nitrogens is 1. The van der Waals surface area contributed by atoms with Gasteiger partial charge in [0.05, 0.1) is 19.8 Å². The van der Waals surface area contributed by atoms with Gasteiger partial charge in [0.1, 0.15) is 11.6 Å². The number of rotatable bonds is 6. The van der Waals surface area contributed by atoms with Crippen LogP contribution in [0.4, 0.5) is 9.18 Å². The van der Waals surface area contributed by atoms with Crippen LogP contribution in [0.15, 0.2) is 42.5 Å². The normalized spacial score (nSPS) is 19.7. The van der Waals surface area contributed by atoms with Gasteiger partial charge in [-0.1, -0.05) is 39.0 Å². The van der Waals surface area contributed by atoms with E-state index in [0.29, 0.717) is 51.2 Å². The van der Waals surface area contributed by atoms with Crippen molar-refractivity contribution >= 4 is 25.3 Å².